The van der Waals surface area contributed by atoms with Gasteiger partial charge in [0.2, 0.25) is 11.9 Å². The van der Waals surface area contributed by atoms with Gasteiger partial charge in [0.25, 0.3) is 0 Å². The number of alkyl halides is 3. The highest BCUT2D eigenvalue weighted by Gasteiger charge is 2.31. The van der Waals surface area contributed by atoms with Gasteiger partial charge in [0.05, 0.1) is 36.0 Å². The van der Waals surface area contributed by atoms with Gasteiger partial charge in [0, 0.05) is 52.2 Å². The minimum Gasteiger partial charge on any atom is -0.406 e. The van der Waals surface area contributed by atoms with Gasteiger partial charge in [0.15, 0.2) is 0 Å². The Morgan fingerprint density at radius 3 is 2.57 bits per heavy atom. The normalized spacial score (nSPS) is 16.4. The molecule has 2 aliphatic rings. The quantitative estimate of drug-likeness (QED) is 0.484. The van der Waals surface area contributed by atoms with Crippen molar-refractivity contribution >= 4 is 17.5 Å². The first-order chi connectivity index (χ1) is 17.8. The molecule has 2 N–H and O–H groups in total. The van der Waals surface area contributed by atoms with E-state index in [9.17, 15) is 18.0 Å². The molecule has 11 nitrogen and oxygen atoms in total. The fourth-order valence-electron chi connectivity index (χ4n) is 4.41. The van der Waals surface area contributed by atoms with Crippen LogP contribution in [0.15, 0.2) is 36.7 Å². The van der Waals surface area contributed by atoms with Crippen molar-refractivity contribution in [1.82, 2.24) is 35.2 Å². The Bertz CT molecular complexity index is 1210. The van der Waals surface area contributed by atoms with Gasteiger partial charge in [-0.1, -0.05) is 12.1 Å². The minimum atomic E-state index is -4.74. The summed E-state index contributed by atoms with van der Waals surface area (Å²) in [5.74, 6) is 0.185. The van der Waals surface area contributed by atoms with Gasteiger partial charge in [-0.2, -0.15) is 15.4 Å². The lowest BCUT2D eigenvalue weighted by Gasteiger charge is -2.37. The molecule has 0 saturated carbocycles. The Labute approximate surface area is 210 Å². The van der Waals surface area contributed by atoms with Crippen molar-refractivity contribution in [1.29, 1.82) is 0 Å². The lowest BCUT2D eigenvalue weighted by Crippen LogP contribution is -2.51. The first-order valence-electron chi connectivity index (χ1n) is 11.9. The smallest absolute Gasteiger partial charge is 0.406 e. The third kappa shape index (κ3) is 6.44. The maximum Gasteiger partial charge on any atom is 0.573 e. The molecule has 14 heteroatoms. The number of anilines is 2. The van der Waals surface area contributed by atoms with E-state index in [1.807, 2.05) is 4.90 Å². The number of aromatic amines is 1. The number of piperazine rings is 1. The third-order valence-electron chi connectivity index (χ3n) is 6.32. The standard InChI is InChI=1S/C23H26F3N9O2/c24-23(25,26)37-18-3-1-2-16(10-18)11-27-22-28-12-17(13-29-22)34-6-8-35(9-7-34)21(36)15-33-5-4-19-20(14-33)31-32-30-19/h1-3,10,12-13H,4-9,11,14-15H2,(H,27,28,29)(H,30,31,32). The number of nitrogens with one attached hydrogen (secondary N) is 2. The number of benzene rings is 1. The van der Waals surface area contributed by atoms with Gasteiger partial charge >= 0.3 is 6.36 Å². The second-order valence-corrected chi connectivity index (χ2v) is 8.86. The summed E-state index contributed by atoms with van der Waals surface area (Å²) in [5.41, 5.74) is 3.32. The molecule has 4 heterocycles. The van der Waals surface area contributed by atoms with Crippen LogP contribution >= 0.6 is 0 Å². The van der Waals surface area contributed by atoms with Crippen LogP contribution in [0.2, 0.25) is 0 Å². The molecule has 0 unspecified atom stereocenters. The Balaban J connectivity index is 1.07. The van der Waals surface area contributed by atoms with Crippen LogP contribution in [-0.4, -0.2) is 86.7 Å². The molecule has 0 bridgehead atoms. The van der Waals surface area contributed by atoms with E-state index < -0.39 is 6.36 Å². The zero-order valence-electron chi connectivity index (χ0n) is 19.9. The fourth-order valence-corrected chi connectivity index (χ4v) is 4.41. The highest BCUT2D eigenvalue weighted by Crippen LogP contribution is 2.24. The predicted octanol–water partition coefficient (Wildman–Crippen LogP) is 1.81. The van der Waals surface area contributed by atoms with Gasteiger partial charge in [-0.15, -0.1) is 13.2 Å². The Morgan fingerprint density at radius 2 is 1.81 bits per heavy atom. The van der Waals surface area contributed by atoms with Crippen molar-refractivity contribution in [3.63, 3.8) is 0 Å². The number of aromatic nitrogens is 5. The van der Waals surface area contributed by atoms with Gasteiger partial charge < -0.3 is 19.9 Å². The maximum atomic E-state index is 12.8. The van der Waals surface area contributed by atoms with Crippen LogP contribution in [0.5, 0.6) is 5.75 Å². The zero-order valence-corrected chi connectivity index (χ0v) is 19.9. The molecular weight excluding hydrogens is 491 g/mol. The van der Waals surface area contributed by atoms with Crippen LogP contribution in [0.3, 0.4) is 0 Å². The van der Waals surface area contributed by atoms with Gasteiger partial charge in [-0.05, 0) is 17.7 Å². The van der Waals surface area contributed by atoms with E-state index in [1.54, 1.807) is 18.5 Å². The minimum absolute atomic E-state index is 0.104. The van der Waals surface area contributed by atoms with E-state index in [0.717, 1.165) is 30.0 Å². The summed E-state index contributed by atoms with van der Waals surface area (Å²) in [6.45, 7) is 4.57. The molecular formula is C23H26F3N9O2. The number of H-pyrrole nitrogens is 1. The number of hydrogen-bond donors (Lipinski definition) is 2. The van der Waals surface area contributed by atoms with Crippen LogP contribution in [-0.2, 0) is 24.3 Å². The average Bonchev–Trinajstić information content (AvgIpc) is 3.35. The number of fused-ring (bicyclic) bond motifs is 1. The molecule has 1 saturated heterocycles. The number of halogens is 3. The first kappa shape index (κ1) is 24.7. The van der Waals surface area contributed by atoms with Crippen LogP contribution < -0.4 is 15.0 Å². The Kier molecular flexibility index (Phi) is 7.08. The fraction of sp³-hybridized carbons (Fsp3) is 0.435. The number of rotatable bonds is 7. The van der Waals surface area contributed by atoms with Gasteiger partial charge in [-0.25, -0.2) is 9.97 Å². The highest BCUT2D eigenvalue weighted by molar-refractivity contribution is 5.78. The molecule has 1 aromatic carbocycles. The summed E-state index contributed by atoms with van der Waals surface area (Å²) in [5, 5.41) is 13.9. The monoisotopic (exact) mass is 517 g/mol. The molecule has 3 aromatic rings. The molecule has 0 spiro atoms. The number of hydrogen-bond acceptors (Lipinski definition) is 9. The van der Waals surface area contributed by atoms with Crippen molar-refractivity contribution in [3.8, 4) is 5.75 Å². The number of carbonyl (C=O) groups excluding carboxylic acids is 1. The molecule has 5 rings (SSSR count). The number of nitrogens with zero attached hydrogens (tertiary/aromatic N) is 7. The summed E-state index contributed by atoms with van der Waals surface area (Å²) in [6, 6.07) is 5.73. The van der Waals surface area contributed by atoms with Gasteiger partial charge in [-0.3, -0.25) is 9.69 Å². The average molecular weight is 518 g/mol. The van der Waals surface area contributed by atoms with E-state index in [2.05, 4.69) is 45.2 Å². The molecule has 2 aromatic heterocycles. The molecule has 0 aliphatic carbocycles. The van der Waals surface area contributed by atoms with Crippen LogP contribution in [0.4, 0.5) is 24.8 Å². The van der Waals surface area contributed by atoms with E-state index in [1.165, 1.54) is 18.2 Å². The predicted molar refractivity (Wildman–Crippen MR) is 127 cm³/mol. The topological polar surface area (TPSA) is 115 Å². The SMILES string of the molecule is O=C(CN1CCc2n[nH]nc2C1)N1CCN(c2cnc(NCc3cccc(OC(F)(F)F)c3)nc2)CC1. The van der Waals surface area contributed by atoms with Crippen molar-refractivity contribution in [3.05, 3.63) is 53.6 Å². The molecule has 1 fully saturated rings. The molecule has 2 aliphatic heterocycles. The van der Waals surface area contributed by atoms with Crippen LogP contribution in [0.1, 0.15) is 17.0 Å². The van der Waals surface area contributed by atoms with Crippen molar-refractivity contribution in [2.24, 2.45) is 0 Å². The molecule has 0 atom stereocenters. The highest BCUT2D eigenvalue weighted by atomic mass is 19.4. The van der Waals surface area contributed by atoms with E-state index >= 15 is 0 Å². The first-order valence-corrected chi connectivity index (χ1v) is 11.9. The Morgan fingerprint density at radius 1 is 1.05 bits per heavy atom. The van der Waals surface area contributed by atoms with Gasteiger partial charge in [0.1, 0.15) is 5.75 Å². The summed E-state index contributed by atoms with van der Waals surface area (Å²) in [6.07, 6.45) is -0.560. The number of carbonyl (C=O) groups is 1. The van der Waals surface area contributed by atoms with Crippen molar-refractivity contribution in [2.45, 2.75) is 25.9 Å². The summed E-state index contributed by atoms with van der Waals surface area (Å²) in [7, 11) is 0. The number of ether oxygens (including phenoxy) is 1. The van der Waals surface area contributed by atoms with Crippen LogP contribution in [0, 0.1) is 0 Å². The third-order valence-corrected chi connectivity index (χ3v) is 6.32. The second kappa shape index (κ2) is 10.6. The lowest BCUT2D eigenvalue weighted by atomic mass is 10.1. The largest absolute Gasteiger partial charge is 0.573 e. The number of amides is 1. The second-order valence-electron chi connectivity index (χ2n) is 8.86. The Hall–Kier alpha value is -3.94. The van der Waals surface area contributed by atoms with Crippen LogP contribution in [0.25, 0.3) is 0 Å². The van der Waals surface area contributed by atoms with Crippen molar-refractivity contribution in [2.75, 3.05) is 49.5 Å². The van der Waals surface area contributed by atoms with E-state index in [4.69, 9.17) is 0 Å². The summed E-state index contributed by atoms with van der Waals surface area (Å²) in [4.78, 5) is 27.5. The molecule has 0 radical (unpaired) electrons. The lowest BCUT2D eigenvalue weighted by molar-refractivity contribution is -0.274. The molecule has 196 valence electrons. The summed E-state index contributed by atoms with van der Waals surface area (Å²) >= 11 is 0. The van der Waals surface area contributed by atoms with Crippen molar-refractivity contribution < 1.29 is 22.7 Å². The zero-order chi connectivity index (χ0) is 25.8. The van der Waals surface area contributed by atoms with E-state index in [0.29, 0.717) is 50.8 Å². The molecule has 1 amide bonds. The molecule has 37 heavy (non-hydrogen) atoms. The summed E-state index contributed by atoms with van der Waals surface area (Å²) < 4.78 is 41.2. The maximum absolute atomic E-state index is 12.8. The van der Waals surface area contributed by atoms with E-state index in [-0.39, 0.29) is 18.2 Å².